The number of rotatable bonds is 3. The molecule has 74 valence electrons. The first kappa shape index (κ1) is 11.0. The molecule has 0 bridgehead atoms. The minimum absolute atomic E-state index is 0.100. The molecule has 0 radical (unpaired) electrons. The zero-order valence-electron chi connectivity index (χ0n) is 7.63. The second-order valence-electron chi connectivity index (χ2n) is 2.77. The summed E-state index contributed by atoms with van der Waals surface area (Å²) < 4.78 is 26.3. The Balaban J connectivity index is 2.92. The van der Waals surface area contributed by atoms with Crippen LogP contribution in [-0.4, -0.2) is 6.26 Å². The van der Waals surface area contributed by atoms with E-state index in [1.54, 1.807) is 12.1 Å². The minimum Gasteiger partial charge on any atom is -0.200 e. The van der Waals surface area contributed by atoms with E-state index in [0.717, 1.165) is 4.90 Å². The highest BCUT2D eigenvalue weighted by Crippen LogP contribution is 2.32. The molecule has 1 aromatic carbocycles. The molecule has 0 aliphatic carbocycles. The average molecular weight is 213 g/mol. The summed E-state index contributed by atoms with van der Waals surface area (Å²) in [7, 11) is 0. The molecular formula is C10H9F2NS. The van der Waals surface area contributed by atoms with Crippen molar-refractivity contribution >= 4 is 11.8 Å². The van der Waals surface area contributed by atoms with Gasteiger partial charge in [0.15, 0.2) is 0 Å². The van der Waals surface area contributed by atoms with Crippen LogP contribution in [0.1, 0.15) is 12.0 Å². The number of hydrogen-bond acceptors (Lipinski definition) is 2. The predicted octanol–water partition coefficient (Wildman–Crippen LogP) is 3.41. The summed E-state index contributed by atoms with van der Waals surface area (Å²) in [5.74, 6) is -3.04. The zero-order valence-corrected chi connectivity index (χ0v) is 8.44. The highest BCUT2D eigenvalue weighted by atomic mass is 32.2. The molecular weight excluding hydrogens is 204 g/mol. The minimum atomic E-state index is -3.04. The third-order valence-electron chi connectivity index (χ3n) is 1.81. The lowest BCUT2D eigenvalue weighted by atomic mass is 10.1. The van der Waals surface area contributed by atoms with Gasteiger partial charge >= 0.3 is 0 Å². The molecule has 4 heteroatoms. The van der Waals surface area contributed by atoms with Gasteiger partial charge in [0, 0.05) is 10.5 Å². The Bertz CT molecular complexity index is 340. The number of nitriles is 1. The molecule has 0 saturated heterocycles. The molecule has 0 amide bonds. The van der Waals surface area contributed by atoms with Gasteiger partial charge in [0.1, 0.15) is 6.42 Å². The fourth-order valence-corrected chi connectivity index (χ4v) is 1.44. The summed E-state index contributed by atoms with van der Waals surface area (Å²) in [6.07, 6.45) is 1.11. The van der Waals surface area contributed by atoms with Crippen molar-refractivity contribution in [1.29, 1.82) is 5.26 Å². The summed E-state index contributed by atoms with van der Waals surface area (Å²) >= 11 is 1.49. The van der Waals surface area contributed by atoms with Gasteiger partial charge in [-0.1, -0.05) is 12.1 Å². The monoisotopic (exact) mass is 213 g/mol. The van der Waals surface area contributed by atoms with E-state index in [1.165, 1.54) is 30.0 Å². The Kier molecular flexibility index (Phi) is 3.48. The van der Waals surface area contributed by atoms with Crippen molar-refractivity contribution in [2.45, 2.75) is 17.2 Å². The van der Waals surface area contributed by atoms with E-state index in [4.69, 9.17) is 5.26 Å². The van der Waals surface area contributed by atoms with Gasteiger partial charge in [-0.3, -0.25) is 0 Å². The van der Waals surface area contributed by atoms with Crippen LogP contribution in [-0.2, 0) is 5.92 Å². The summed E-state index contributed by atoms with van der Waals surface area (Å²) in [5.41, 5.74) is -0.100. The van der Waals surface area contributed by atoms with Gasteiger partial charge in [0.05, 0.1) is 6.07 Å². The lowest BCUT2D eigenvalue weighted by molar-refractivity contribution is 0.000900. The second kappa shape index (κ2) is 4.43. The summed E-state index contributed by atoms with van der Waals surface area (Å²) in [6.45, 7) is 0. The van der Waals surface area contributed by atoms with Crippen LogP contribution in [0.15, 0.2) is 29.2 Å². The number of hydrogen-bond donors (Lipinski definition) is 0. The molecule has 0 spiro atoms. The normalized spacial score (nSPS) is 11.0. The van der Waals surface area contributed by atoms with Crippen molar-refractivity contribution in [3.05, 3.63) is 29.8 Å². The first-order chi connectivity index (χ1) is 6.60. The first-order valence-corrected chi connectivity index (χ1v) is 5.22. The van der Waals surface area contributed by atoms with Gasteiger partial charge in [-0.15, -0.1) is 11.8 Å². The first-order valence-electron chi connectivity index (χ1n) is 3.99. The maximum Gasteiger partial charge on any atom is 0.286 e. The van der Waals surface area contributed by atoms with Gasteiger partial charge in [-0.25, -0.2) is 8.78 Å². The maximum absolute atomic E-state index is 13.2. The number of halogens is 2. The van der Waals surface area contributed by atoms with Crippen LogP contribution >= 0.6 is 11.8 Å². The molecule has 0 aromatic heterocycles. The van der Waals surface area contributed by atoms with Crippen molar-refractivity contribution in [2.24, 2.45) is 0 Å². The number of benzene rings is 1. The van der Waals surface area contributed by atoms with E-state index in [0.29, 0.717) is 0 Å². The van der Waals surface area contributed by atoms with Crippen molar-refractivity contribution in [1.82, 2.24) is 0 Å². The van der Waals surface area contributed by atoms with Gasteiger partial charge in [-0.2, -0.15) is 5.26 Å². The van der Waals surface area contributed by atoms with E-state index in [1.807, 2.05) is 6.26 Å². The lowest BCUT2D eigenvalue weighted by Crippen LogP contribution is -2.11. The van der Waals surface area contributed by atoms with Crippen LogP contribution in [0.25, 0.3) is 0 Å². The average Bonchev–Trinajstić information content (AvgIpc) is 2.18. The van der Waals surface area contributed by atoms with Gasteiger partial charge in [0.25, 0.3) is 5.92 Å². The molecule has 0 N–H and O–H groups in total. The van der Waals surface area contributed by atoms with Gasteiger partial charge in [0.2, 0.25) is 0 Å². The third-order valence-corrected chi connectivity index (χ3v) is 2.56. The molecule has 0 unspecified atom stereocenters. The SMILES string of the molecule is CSc1ccc(C(F)(F)CC#N)cc1. The van der Waals surface area contributed by atoms with Crippen molar-refractivity contribution in [3.63, 3.8) is 0 Å². The van der Waals surface area contributed by atoms with Crippen molar-refractivity contribution in [3.8, 4) is 6.07 Å². The van der Waals surface area contributed by atoms with E-state index in [9.17, 15) is 8.78 Å². The topological polar surface area (TPSA) is 23.8 Å². The summed E-state index contributed by atoms with van der Waals surface area (Å²) in [5, 5.41) is 8.23. The molecule has 0 aliphatic heterocycles. The Hall–Kier alpha value is -1.08. The quantitative estimate of drug-likeness (QED) is 0.718. The molecule has 1 rings (SSSR count). The fourth-order valence-electron chi connectivity index (χ4n) is 1.04. The third kappa shape index (κ3) is 2.46. The van der Waals surface area contributed by atoms with E-state index < -0.39 is 12.3 Å². The van der Waals surface area contributed by atoms with E-state index in [2.05, 4.69) is 0 Å². The van der Waals surface area contributed by atoms with Crippen LogP contribution in [0.3, 0.4) is 0 Å². The van der Waals surface area contributed by atoms with Crippen LogP contribution in [0.5, 0.6) is 0 Å². The Morgan fingerprint density at radius 1 is 1.36 bits per heavy atom. The molecule has 0 saturated carbocycles. The van der Waals surface area contributed by atoms with Crippen molar-refractivity contribution in [2.75, 3.05) is 6.26 Å². The summed E-state index contributed by atoms with van der Waals surface area (Å²) in [6, 6.07) is 7.47. The fraction of sp³-hybridized carbons (Fsp3) is 0.300. The smallest absolute Gasteiger partial charge is 0.200 e. The van der Waals surface area contributed by atoms with Crippen LogP contribution in [0, 0.1) is 11.3 Å². The Morgan fingerprint density at radius 3 is 2.36 bits per heavy atom. The Labute approximate surface area is 85.7 Å². The van der Waals surface area contributed by atoms with Gasteiger partial charge in [-0.05, 0) is 18.4 Å². The predicted molar refractivity (Wildman–Crippen MR) is 52.3 cm³/mol. The lowest BCUT2D eigenvalue weighted by Gasteiger charge is -2.12. The Morgan fingerprint density at radius 2 is 1.93 bits per heavy atom. The second-order valence-corrected chi connectivity index (χ2v) is 3.65. The van der Waals surface area contributed by atoms with Crippen LogP contribution < -0.4 is 0 Å². The van der Waals surface area contributed by atoms with Crippen LogP contribution in [0.2, 0.25) is 0 Å². The standard InChI is InChI=1S/C10H9F2NS/c1-14-9-4-2-8(3-5-9)10(11,12)6-7-13/h2-5H,6H2,1H3. The molecule has 14 heavy (non-hydrogen) atoms. The molecule has 0 atom stereocenters. The number of thioether (sulfide) groups is 1. The number of alkyl halides is 2. The largest absolute Gasteiger partial charge is 0.286 e. The number of nitrogens with zero attached hydrogens (tertiary/aromatic N) is 1. The zero-order chi connectivity index (χ0) is 10.6. The highest BCUT2D eigenvalue weighted by molar-refractivity contribution is 7.98. The van der Waals surface area contributed by atoms with Gasteiger partial charge < -0.3 is 0 Å². The molecule has 0 aliphatic rings. The van der Waals surface area contributed by atoms with E-state index >= 15 is 0 Å². The van der Waals surface area contributed by atoms with Crippen molar-refractivity contribution < 1.29 is 8.78 Å². The molecule has 1 nitrogen and oxygen atoms in total. The van der Waals surface area contributed by atoms with Crippen LogP contribution in [0.4, 0.5) is 8.78 Å². The molecule has 1 aromatic rings. The molecule has 0 heterocycles. The van der Waals surface area contributed by atoms with E-state index in [-0.39, 0.29) is 5.56 Å². The highest BCUT2D eigenvalue weighted by Gasteiger charge is 2.30. The maximum atomic E-state index is 13.2. The summed E-state index contributed by atoms with van der Waals surface area (Å²) in [4.78, 5) is 0.932. The molecule has 0 fully saturated rings.